The summed E-state index contributed by atoms with van der Waals surface area (Å²) in [6, 6.07) is 17.3. The van der Waals surface area contributed by atoms with Crippen molar-refractivity contribution in [3.05, 3.63) is 107 Å². The molecule has 156 valence electrons. The highest BCUT2D eigenvalue weighted by atomic mass is 19.1. The highest BCUT2D eigenvalue weighted by Gasteiger charge is 1.96. The van der Waals surface area contributed by atoms with Gasteiger partial charge in [-0.2, -0.15) is 15.3 Å². The van der Waals surface area contributed by atoms with Gasteiger partial charge in [-0.1, -0.05) is 36.4 Å². The van der Waals surface area contributed by atoms with E-state index in [1.165, 1.54) is 55.0 Å². The molecule has 0 aliphatic heterocycles. The van der Waals surface area contributed by atoms with Crippen LogP contribution in [-0.2, 0) is 0 Å². The summed E-state index contributed by atoms with van der Waals surface area (Å²) in [4.78, 5) is 0. The van der Waals surface area contributed by atoms with E-state index in [1.54, 1.807) is 36.4 Å². The number of hydrazone groups is 2. The van der Waals surface area contributed by atoms with Crippen LogP contribution >= 0.6 is 0 Å². The summed E-state index contributed by atoms with van der Waals surface area (Å²) in [6.07, 6.45) is 4.27. The molecule has 0 spiro atoms. The second kappa shape index (κ2) is 11.1. The van der Waals surface area contributed by atoms with Gasteiger partial charge in [-0.05, 0) is 53.1 Å². The van der Waals surface area contributed by atoms with Gasteiger partial charge in [-0.25, -0.2) is 24.0 Å². The van der Waals surface area contributed by atoms with Gasteiger partial charge < -0.3 is 0 Å². The normalized spacial score (nSPS) is 12.2. The maximum absolute atomic E-state index is 13.3. The third-order valence-corrected chi connectivity index (χ3v) is 3.72. The van der Waals surface area contributed by atoms with Gasteiger partial charge in [0.1, 0.15) is 17.5 Å². The van der Waals surface area contributed by atoms with Crippen LogP contribution in [0.25, 0.3) is 0 Å². The average molecular weight is 422 g/mol. The van der Waals surface area contributed by atoms with Crippen molar-refractivity contribution in [2.24, 2.45) is 20.4 Å². The van der Waals surface area contributed by atoms with Crippen molar-refractivity contribution in [3.63, 3.8) is 0 Å². The molecule has 3 rings (SSSR count). The van der Waals surface area contributed by atoms with Gasteiger partial charge >= 0.3 is 0 Å². The summed E-state index contributed by atoms with van der Waals surface area (Å²) < 4.78 is 39.2. The zero-order valence-corrected chi connectivity index (χ0v) is 16.1. The molecule has 3 aromatic rings. The predicted molar refractivity (Wildman–Crippen MR) is 116 cm³/mol. The van der Waals surface area contributed by atoms with Crippen LogP contribution in [-0.4, -0.2) is 24.6 Å². The lowest BCUT2D eigenvalue weighted by Crippen LogP contribution is -2.30. The van der Waals surface area contributed by atoms with Crippen LogP contribution in [0, 0.1) is 17.5 Å². The first-order valence-corrected chi connectivity index (χ1v) is 9.04. The molecule has 9 heteroatoms. The number of nitrogens with zero attached hydrogens (tertiary/aromatic N) is 4. The molecule has 0 saturated carbocycles. The topological polar surface area (TPSA) is 73.5 Å². The van der Waals surface area contributed by atoms with Crippen molar-refractivity contribution in [3.8, 4) is 0 Å². The Labute approximate surface area is 176 Å². The Hall–Kier alpha value is -4.27. The van der Waals surface area contributed by atoms with Gasteiger partial charge in [0.05, 0.1) is 18.6 Å². The van der Waals surface area contributed by atoms with Crippen molar-refractivity contribution in [1.82, 2.24) is 10.9 Å². The third-order valence-electron chi connectivity index (χ3n) is 3.72. The molecule has 0 saturated heterocycles. The Kier molecular flexibility index (Phi) is 7.64. The number of guanidine groups is 1. The summed E-state index contributed by atoms with van der Waals surface area (Å²) in [5, 5.41) is 15.8. The summed E-state index contributed by atoms with van der Waals surface area (Å²) >= 11 is 0. The van der Waals surface area contributed by atoms with Gasteiger partial charge in [0, 0.05) is 0 Å². The minimum Gasteiger partial charge on any atom is -0.244 e. The van der Waals surface area contributed by atoms with Crippen LogP contribution in [0.3, 0.4) is 0 Å². The zero-order valence-electron chi connectivity index (χ0n) is 16.1. The zero-order chi connectivity index (χ0) is 21.9. The Balaban J connectivity index is 1.70. The van der Waals surface area contributed by atoms with E-state index in [1.807, 2.05) is 0 Å². The number of halogens is 3. The van der Waals surface area contributed by atoms with Crippen LogP contribution in [0.1, 0.15) is 16.7 Å². The molecule has 0 amide bonds. The predicted octanol–water partition coefficient (Wildman–Crippen LogP) is 4.04. The molecule has 0 radical (unpaired) electrons. The van der Waals surface area contributed by atoms with E-state index in [0.717, 1.165) is 0 Å². The molecule has 31 heavy (non-hydrogen) atoms. The Bertz CT molecular complexity index is 1110. The molecule has 3 aromatic carbocycles. The largest absolute Gasteiger partial charge is 0.257 e. The van der Waals surface area contributed by atoms with Crippen molar-refractivity contribution in [1.29, 1.82) is 0 Å². The number of benzene rings is 3. The summed E-state index contributed by atoms with van der Waals surface area (Å²) in [5.74, 6) is -1.03. The minimum absolute atomic E-state index is 0.0596. The van der Waals surface area contributed by atoms with Gasteiger partial charge in [0.25, 0.3) is 5.96 Å². The maximum Gasteiger partial charge on any atom is 0.257 e. The molecule has 0 aliphatic carbocycles. The van der Waals surface area contributed by atoms with Gasteiger partial charge in [0.15, 0.2) is 0 Å². The second-order valence-corrected chi connectivity index (χ2v) is 6.09. The molecule has 0 aromatic heterocycles. The van der Waals surface area contributed by atoms with E-state index in [4.69, 9.17) is 0 Å². The van der Waals surface area contributed by atoms with Crippen molar-refractivity contribution in [2.75, 3.05) is 0 Å². The van der Waals surface area contributed by atoms with E-state index in [2.05, 4.69) is 31.3 Å². The van der Waals surface area contributed by atoms with Gasteiger partial charge in [0.2, 0.25) is 0 Å². The monoisotopic (exact) mass is 422 g/mol. The fraction of sp³-hybridized carbons (Fsp3) is 0. The van der Waals surface area contributed by atoms with E-state index in [0.29, 0.717) is 16.7 Å². The number of nitrogens with one attached hydrogen (secondary N) is 2. The first-order valence-electron chi connectivity index (χ1n) is 9.04. The molecule has 2 N–H and O–H groups in total. The molecule has 0 heterocycles. The molecular formula is C22H17F3N6. The standard InChI is InChI=1S/C22H17F3N6/c23-19-8-4-16(5-9-19)13-26-29-22(30-27-14-17-6-10-20(24)11-7-17)31-28-15-18-2-1-3-21(25)12-18/h1-15H,(H2,29,30,31)/b26-13-,27-14-,28-15-. The van der Waals surface area contributed by atoms with Crippen molar-refractivity contribution >= 4 is 24.6 Å². The van der Waals surface area contributed by atoms with Gasteiger partial charge in [-0.3, -0.25) is 0 Å². The first kappa shape index (κ1) is 21.4. The smallest absolute Gasteiger partial charge is 0.244 e. The maximum atomic E-state index is 13.3. The molecule has 0 bridgehead atoms. The Morgan fingerprint density at radius 3 is 1.74 bits per heavy atom. The Morgan fingerprint density at radius 1 is 0.613 bits per heavy atom. The quantitative estimate of drug-likeness (QED) is 0.358. The lowest BCUT2D eigenvalue weighted by molar-refractivity contribution is 0.627. The van der Waals surface area contributed by atoms with E-state index in [-0.39, 0.29) is 23.4 Å². The molecule has 0 atom stereocenters. The average Bonchev–Trinajstić information content (AvgIpc) is 2.76. The summed E-state index contributed by atoms with van der Waals surface area (Å²) in [5.41, 5.74) is 7.08. The highest BCUT2D eigenvalue weighted by molar-refractivity contribution is 5.86. The van der Waals surface area contributed by atoms with Crippen molar-refractivity contribution < 1.29 is 13.2 Å². The molecule has 0 fully saturated rings. The lowest BCUT2D eigenvalue weighted by atomic mass is 10.2. The lowest BCUT2D eigenvalue weighted by Gasteiger charge is -2.02. The SMILES string of the molecule is Fc1ccc(/C=N\N=C(/N/N=C\c2ccc(F)cc2)N/N=C\c2cccc(F)c2)cc1. The number of hydrogen-bond acceptors (Lipinski definition) is 4. The Morgan fingerprint density at radius 2 is 1.16 bits per heavy atom. The third kappa shape index (κ3) is 7.58. The van der Waals surface area contributed by atoms with Crippen LogP contribution in [0.15, 0.2) is 93.2 Å². The van der Waals surface area contributed by atoms with Crippen LogP contribution in [0.5, 0.6) is 0 Å². The summed E-state index contributed by atoms with van der Waals surface area (Å²) in [7, 11) is 0. The van der Waals surface area contributed by atoms with Gasteiger partial charge in [-0.15, -0.1) is 5.10 Å². The summed E-state index contributed by atoms with van der Waals surface area (Å²) in [6.45, 7) is 0. The molecule has 6 nitrogen and oxygen atoms in total. The van der Waals surface area contributed by atoms with E-state index in [9.17, 15) is 13.2 Å². The fourth-order valence-electron chi connectivity index (χ4n) is 2.24. The van der Waals surface area contributed by atoms with E-state index < -0.39 is 0 Å². The van der Waals surface area contributed by atoms with E-state index >= 15 is 0 Å². The highest BCUT2D eigenvalue weighted by Crippen LogP contribution is 2.01. The molecule has 0 aliphatic rings. The van der Waals surface area contributed by atoms with Crippen LogP contribution in [0.2, 0.25) is 0 Å². The second-order valence-electron chi connectivity index (χ2n) is 6.09. The number of hydrogen-bond donors (Lipinski definition) is 2. The molecule has 0 unspecified atom stereocenters. The van der Waals surface area contributed by atoms with Crippen molar-refractivity contribution in [2.45, 2.75) is 0 Å². The van der Waals surface area contributed by atoms with Crippen LogP contribution in [0.4, 0.5) is 13.2 Å². The minimum atomic E-state index is -0.385. The van der Waals surface area contributed by atoms with Crippen LogP contribution < -0.4 is 10.9 Å². The number of rotatable bonds is 6. The first-order chi connectivity index (χ1) is 15.1. The molecular weight excluding hydrogens is 405 g/mol. The fourth-order valence-corrected chi connectivity index (χ4v) is 2.24.